The van der Waals surface area contributed by atoms with Crippen LogP contribution in [0.1, 0.15) is 20.8 Å². The molecule has 0 aromatic carbocycles. The number of fused-ring (bicyclic) bond motifs is 1. The summed E-state index contributed by atoms with van der Waals surface area (Å²) in [5.74, 6) is -1.34. The molecule has 2 saturated heterocycles. The van der Waals surface area contributed by atoms with Crippen molar-refractivity contribution in [2.45, 2.75) is 57.3 Å². The maximum Gasteiger partial charge on any atom is 0.303 e. The van der Waals surface area contributed by atoms with Gasteiger partial charge in [0.15, 0.2) is 24.3 Å². The Morgan fingerprint density at radius 2 is 2.11 bits per heavy atom. The number of hydrogen-bond donors (Lipinski definition) is 2. The van der Waals surface area contributed by atoms with Gasteiger partial charge in [0.25, 0.3) is 0 Å². The molecule has 2 aliphatic heterocycles. The first-order valence-corrected chi connectivity index (χ1v) is 5.81. The lowest BCUT2D eigenvalue weighted by atomic mass is 10.1. The third-order valence-corrected chi connectivity index (χ3v) is 2.90. The van der Waals surface area contributed by atoms with Crippen molar-refractivity contribution in [2.75, 3.05) is 6.61 Å². The molecule has 7 nitrogen and oxygen atoms in total. The summed E-state index contributed by atoms with van der Waals surface area (Å²) in [6, 6.07) is 0. The molecule has 0 aromatic rings. The monoisotopic (exact) mass is 262 g/mol. The summed E-state index contributed by atoms with van der Waals surface area (Å²) in [7, 11) is 0. The molecule has 18 heavy (non-hydrogen) atoms. The smallest absolute Gasteiger partial charge is 0.303 e. The lowest BCUT2D eigenvalue weighted by molar-refractivity contribution is -0.230. The Hall–Kier alpha value is -0.730. The van der Waals surface area contributed by atoms with Crippen molar-refractivity contribution < 1.29 is 34.0 Å². The van der Waals surface area contributed by atoms with Crippen LogP contribution in [-0.4, -0.2) is 59.3 Å². The lowest BCUT2D eigenvalue weighted by Gasteiger charge is -2.27. The van der Waals surface area contributed by atoms with Crippen LogP contribution in [-0.2, 0) is 23.7 Å². The number of carbonyl (C=O) groups is 1. The minimum Gasteiger partial charge on any atom is -0.457 e. The van der Waals surface area contributed by atoms with Crippen molar-refractivity contribution >= 4 is 5.97 Å². The molecule has 1 unspecified atom stereocenters. The Kier molecular flexibility index (Phi) is 3.61. The van der Waals surface area contributed by atoms with Crippen LogP contribution >= 0.6 is 0 Å². The molecule has 2 fully saturated rings. The molecule has 2 heterocycles. The molecule has 7 heteroatoms. The molecule has 2 rings (SSSR count). The molecular formula is C11H18O7. The van der Waals surface area contributed by atoms with Crippen molar-refractivity contribution in [3.05, 3.63) is 0 Å². The Morgan fingerprint density at radius 3 is 2.67 bits per heavy atom. The van der Waals surface area contributed by atoms with Crippen LogP contribution in [0.3, 0.4) is 0 Å². The first-order chi connectivity index (χ1) is 8.34. The van der Waals surface area contributed by atoms with E-state index in [1.807, 2.05) is 0 Å². The van der Waals surface area contributed by atoms with Crippen LogP contribution in [0.5, 0.6) is 0 Å². The zero-order valence-corrected chi connectivity index (χ0v) is 10.5. The van der Waals surface area contributed by atoms with E-state index < -0.39 is 49.1 Å². The molecule has 0 bridgehead atoms. The highest BCUT2D eigenvalue weighted by molar-refractivity contribution is 5.66. The maximum atomic E-state index is 11.1. The number of ether oxygens (including phenoxy) is 4. The zero-order valence-electron chi connectivity index (χ0n) is 10.5. The molecule has 2 N–H and O–H groups in total. The van der Waals surface area contributed by atoms with Gasteiger partial charge in [-0.2, -0.15) is 0 Å². The summed E-state index contributed by atoms with van der Waals surface area (Å²) in [5, 5.41) is 18.6. The highest BCUT2D eigenvalue weighted by atomic mass is 16.8. The van der Waals surface area contributed by atoms with Crippen molar-refractivity contribution in [3.8, 4) is 0 Å². The summed E-state index contributed by atoms with van der Waals surface area (Å²) in [6.45, 7) is 4.20. The Bertz CT molecular complexity index is 329. The Balaban J connectivity index is 2.14. The Labute approximate surface area is 105 Å². The topological polar surface area (TPSA) is 94.5 Å². The summed E-state index contributed by atoms with van der Waals surface area (Å²) < 4.78 is 21.6. The van der Waals surface area contributed by atoms with Crippen molar-refractivity contribution in [3.63, 3.8) is 0 Å². The van der Waals surface area contributed by atoms with Crippen molar-refractivity contribution in [1.29, 1.82) is 0 Å². The highest BCUT2D eigenvalue weighted by Gasteiger charge is 2.57. The minimum absolute atomic E-state index is 0.495. The van der Waals surface area contributed by atoms with Gasteiger partial charge in [-0.25, -0.2) is 0 Å². The molecule has 104 valence electrons. The van der Waals surface area contributed by atoms with E-state index in [1.54, 1.807) is 13.8 Å². The van der Waals surface area contributed by atoms with Crippen LogP contribution in [0, 0.1) is 0 Å². The van der Waals surface area contributed by atoms with E-state index in [2.05, 4.69) is 0 Å². The summed E-state index contributed by atoms with van der Waals surface area (Å²) in [4.78, 5) is 11.1. The van der Waals surface area contributed by atoms with E-state index in [1.165, 1.54) is 6.92 Å². The Morgan fingerprint density at radius 1 is 1.44 bits per heavy atom. The van der Waals surface area contributed by atoms with Gasteiger partial charge in [0.2, 0.25) is 0 Å². The molecule has 5 atom stereocenters. The third kappa shape index (κ3) is 2.50. The van der Waals surface area contributed by atoms with Crippen molar-refractivity contribution in [1.82, 2.24) is 0 Å². The van der Waals surface area contributed by atoms with Crippen LogP contribution < -0.4 is 0 Å². The van der Waals surface area contributed by atoms with E-state index in [-0.39, 0.29) is 0 Å². The van der Waals surface area contributed by atoms with Crippen LogP contribution in [0.2, 0.25) is 0 Å². The average Bonchev–Trinajstić information content (AvgIpc) is 2.71. The van der Waals surface area contributed by atoms with E-state index in [0.717, 1.165) is 0 Å². The van der Waals surface area contributed by atoms with Crippen LogP contribution in [0.25, 0.3) is 0 Å². The number of hydrogen-bond acceptors (Lipinski definition) is 7. The van der Waals surface area contributed by atoms with Gasteiger partial charge in [-0.05, 0) is 13.8 Å². The van der Waals surface area contributed by atoms with Gasteiger partial charge < -0.3 is 29.2 Å². The SMILES string of the molecule is CC(=O)O[C@H]1[C@H]2OC(C)(C)O[C@H]2O[C@@H]1C(O)CO. The number of carbonyl (C=O) groups excluding carboxylic acids is 1. The van der Waals surface area contributed by atoms with E-state index in [4.69, 9.17) is 24.1 Å². The van der Waals surface area contributed by atoms with Crippen LogP contribution in [0.4, 0.5) is 0 Å². The molecule has 0 saturated carbocycles. The molecule has 0 aliphatic carbocycles. The largest absolute Gasteiger partial charge is 0.457 e. The summed E-state index contributed by atoms with van der Waals surface area (Å²) >= 11 is 0. The summed E-state index contributed by atoms with van der Waals surface area (Å²) in [6.07, 6.45) is -4.12. The van der Waals surface area contributed by atoms with Gasteiger partial charge >= 0.3 is 5.97 Å². The first-order valence-electron chi connectivity index (χ1n) is 5.81. The van der Waals surface area contributed by atoms with Gasteiger partial charge in [-0.1, -0.05) is 0 Å². The lowest BCUT2D eigenvalue weighted by Crippen LogP contribution is -2.44. The van der Waals surface area contributed by atoms with E-state index >= 15 is 0 Å². The second kappa shape index (κ2) is 4.75. The number of rotatable bonds is 3. The quantitative estimate of drug-likeness (QED) is 0.639. The second-order valence-corrected chi connectivity index (χ2v) is 4.89. The maximum absolute atomic E-state index is 11.1. The molecular weight excluding hydrogens is 244 g/mol. The molecule has 0 amide bonds. The van der Waals surface area contributed by atoms with Gasteiger partial charge in [-0.3, -0.25) is 4.79 Å². The predicted octanol–water partition coefficient (Wildman–Crippen LogP) is -0.852. The van der Waals surface area contributed by atoms with E-state index in [9.17, 15) is 9.90 Å². The average molecular weight is 262 g/mol. The second-order valence-electron chi connectivity index (χ2n) is 4.89. The molecule has 0 aromatic heterocycles. The van der Waals surface area contributed by atoms with Gasteiger partial charge in [0.1, 0.15) is 12.2 Å². The number of aliphatic hydroxyl groups excluding tert-OH is 2. The van der Waals surface area contributed by atoms with Gasteiger partial charge in [0.05, 0.1) is 6.61 Å². The van der Waals surface area contributed by atoms with Crippen molar-refractivity contribution in [2.24, 2.45) is 0 Å². The number of aliphatic hydroxyl groups is 2. The minimum atomic E-state index is -1.16. The molecule has 0 spiro atoms. The number of esters is 1. The first kappa shape index (κ1) is 13.7. The highest BCUT2D eigenvalue weighted by Crippen LogP contribution is 2.39. The zero-order chi connectivity index (χ0) is 13.5. The summed E-state index contributed by atoms with van der Waals surface area (Å²) in [5.41, 5.74) is 0. The fraction of sp³-hybridized carbons (Fsp3) is 0.909. The van der Waals surface area contributed by atoms with Crippen LogP contribution in [0.15, 0.2) is 0 Å². The van der Waals surface area contributed by atoms with Gasteiger partial charge in [0, 0.05) is 6.92 Å². The standard InChI is InChI=1S/C11H18O7/c1-5(13)15-8-7(6(14)4-12)16-10-9(8)17-11(2,3)18-10/h6-10,12,14H,4H2,1-3H3/t6?,7-,8-,9-,10-/m1/s1. The molecule has 2 aliphatic rings. The van der Waals surface area contributed by atoms with E-state index in [0.29, 0.717) is 0 Å². The van der Waals surface area contributed by atoms with Gasteiger partial charge in [-0.15, -0.1) is 0 Å². The third-order valence-electron chi connectivity index (χ3n) is 2.90. The molecule has 0 radical (unpaired) electrons. The fourth-order valence-electron chi connectivity index (χ4n) is 2.24. The fourth-order valence-corrected chi connectivity index (χ4v) is 2.24. The normalized spacial score (nSPS) is 39.4. The predicted molar refractivity (Wildman–Crippen MR) is 57.3 cm³/mol.